The molecule has 0 aromatic carbocycles. The van der Waals surface area contributed by atoms with Crippen LogP contribution in [0.25, 0.3) is 0 Å². The Kier molecular flexibility index (Phi) is 3.63. The van der Waals surface area contributed by atoms with Crippen molar-refractivity contribution in [2.45, 2.75) is 32.6 Å². The summed E-state index contributed by atoms with van der Waals surface area (Å²) in [5.74, 6) is -0.518. The average molecular weight is 193 g/mol. The van der Waals surface area contributed by atoms with E-state index in [0.717, 1.165) is 18.4 Å². The highest BCUT2D eigenvalue weighted by Crippen LogP contribution is 2.19. The van der Waals surface area contributed by atoms with E-state index >= 15 is 0 Å². The van der Waals surface area contributed by atoms with Crippen LogP contribution < -0.4 is 0 Å². The zero-order chi connectivity index (χ0) is 10.6. The molecule has 1 rings (SSSR count). The highest BCUT2D eigenvalue weighted by molar-refractivity contribution is 5.85. The van der Waals surface area contributed by atoms with E-state index in [1.165, 1.54) is 0 Å². The predicted molar refractivity (Wildman–Crippen MR) is 54.5 cm³/mol. The fraction of sp³-hybridized carbons (Fsp3) is 0.455. The van der Waals surface area contributed by atoms with Crippen LogP contribution in [0.5, 0.6) is 0 Å². The Morgan fingerprint density at radius 1 is 1.57 bits per heavy atom. The van der Waals surface area contributed by atoms with Gasteiger partial charge in [-0.05, 0) is 24.0 Å². The molecule has 1 heterocycles. The first-order valence-electron chi connectivity index (χ1n) is 4.84. The molecule has 1 aromatic heterocycles. The maximum absolute atomic E-state index is 10.5. The molecular weight excluding hydrogens is 178 g/mol. The van der Waals surface area contributed by atoms with Gasteiger partial charge in [0.25, 0.3) is 0 Å². The minimum atomic E-state index is -0.973. The van der Waals surface area contributed by atoms with Crippen molar-refractivity contribution in [1.29, 1.82) is 0 Å². The Labute approximate surface area is 83.8 Å². The predicted octanol–water partition coefficient (Wildman–Crippen LogP) is 2.68. The van der Waals surface area contributed by atoms with Gasteiger partial charge in [-0.15, -0.1) is 0 Å². The van der Waals surface area contributed by atoms with E-state index in [1.807, 2.05) is 6.07 Å². The number of aromatic carboxylic acids is 1. The molecular formula is C11H15NO2. The van der Waals surface area contributed by atoms with Gasteiger partial charge in [-0.3, -0.25) is 0 Å². The van der Waals surface area contributed by atoms with E-state index in [9.17, 15) is 4.79 Å². The second-order valence-electron chi connectivity index (χ2n) is 3.47. The molecule has 76 valence electrons. The summed E-state index contributed by atoms with van der Waals surface area (Å²) >= 11 is 0. The second kappa shape index (κ2) is 4.74. The monoisotopic (exact) mass is 193 g/mol. The smallest absolute Gasteiger partial charge is 0.354 e. The van der Waals surface area contributed by atoms with Crippen LogP contribution in [0, 0.1) is 0 Å². The van der Waals surface area contributed by atoms with E-state index in [4.69, 9.17) is 5.11 Å². The number of nitrogens with zero attached hydrogens (tertiary/aromatic N) is 1. The first-order chi connectivity index (χ1) is 6.65. The third-order valence-electron chi connectivity index (χ3n) is 2.30. The molecule has 1 N–H and O–H groups in total. The molecule has 3 nitrogen and oxygen atoms in total. The van der Waals surface area contributed by atoms with Crippen molar-refractivity contribution >= 4 is 5.97 Å². The molecule has 0 aliphatic rings. The molecule has 0 spiro atoms. The van der Waals surface area contributed by atoms with Gasteiger partial charge in [0, 0.05) is 6.20 Å². The molecule has 0 saturated heterocycles. The summed E-state index contributed by atoms with van der Waals surface area (Å²) in [5.41, 5.74) is 1.22. The van der Waals surface area contributed by atoms with Crippen molar-refractivity contribution in [1.82, 2.24) is 4.98 Å². The number of carboxylic acid groups (broad SMARTS) is 1. The van der Waals surface area contributed by atoms with Crippen molar-refractivity contribution in [3.63, 3.8) is 0 Å². The standard InChI is InChI=1S/C11H15NO2/c1-3-4-8(2)9-5-6-10(11(13)14)12-7-9/h5-8H,3-4H2,1-2H3,(H,13,14). The molecule has 0 aliphatic carbocycles. The van der Waals surface area contributed by atoms with Crippen LogP contribution in [-0.4, -0.2) is 16.1 Å². The number of carbonyl (C=O) groups is 1. The third kappa shape index (κ3) is 2.55. The first kappa shape index (κ1) is 10.7. The van der Waals surface area contributed by atoms with E-state index < -0.39 is 5.97 Å². The van der Waals surface area contributed by atoms with Crippen LogP contribution in [0.3, 0.4) is 0 Å². The fourth-order valence-electron chi connectivity index (χ4n) is 1.42. The van der Waals surface area contributed by atoms with E-state index in [-0.39, 0.29) is 5.69 Å². The Bertz CT molecular complexity index is 306. The zero-order valence-electron chi connectivity index (χ0n) is 8.53. The molecule has 0 aliphatic heterocycles. The molecule has 0 fully saturated rings. The topological polar surface area (TPSA) is 50.2 Å². The van der Waals surface area contributed by atoms with Gasteiger partial charge < -0.3 is 5.11 Å². The van der Waals surface area contributed by atoms with Crippen LogP contribution >= 0.6 is 0 Å². The number of aromatic nitrogens is 1. The minimum Gasteiger partial charge on any atom is -0.477 e. The lowest BCUT2D eigenvalue weighted by Gasteiger charge is -2.09. The van der Waals surface area contributed by atoms with Gasteiger partial charge in [0.2, 0.25) is 0 Å². The average Bonchev–Trinajstić information content (AvgIpc) is 2.18. The van der Waals surface area contributed by atoms with Crippen LogP contribution in [0.1, 0.15) is 48.7 Å². The van der Waals surface area contributed by atoms with Gasteiger partial charge >= 0.3 is 5.97 Å². The van der Waals surface area contributed by atoms with Crippen molar-refractivity contribution in [3.05, 3.63) is 29.6 Å². The van der Waals surface area contributed by atoms with E-state index in [2.05, 4.69) is 18.8 Å². The maximum atomic E-state index is 10.5. The van der Waals surface area contributed by atoms with Crippen molar-refractivity contribution in [3.8, 4) is 0 Å². The number of pyridine rings is 1. The number of hydrogen-bond donors (Lipinski definition) is 1. The highest BCUT2D eigenvalue weighted by atomic mass is 16.4. The molecule has 3 heteroatoms. The lowest BCUT2D eigenvalue weighted by molar-refractivity contribution is 0.0690. The van der Waals surface area contributed by atoms with Crippen LogP contribution in [0.4, 0.5) is 0 Å². The summed E-state index contributed by atoms with van der Waals surface area (Å²) < 4.78 is 0. The van der Waals surface area contributed by atoms with Gasteiger partial charge in [0.15, 0.2) is 0 Å². The van der Waals surface area contributed by atoms with Crippen molar-refractivity contribution < 1.29 is 9.90 Å². The zero-order valence-corrected chi connectivity index (χ0v) is 8.53. The Hall–Kier alpha value is -1.38. The normalized spacial score (nSPS) is 12.4. The lowest BCUT2D eigenvalue weighted by atomic mass is 9.98. The molecule has 14 heavy (non-hydrogen) atoms. The van der Waals surface area contributed by atoms with E-state index in [0.29, 0.717) is 5.92 Å². The molecule has 0 radical (unpaired) electrons. The number of hydrogen-bond acceptors (Lipinski definition) is 2. The summed E-state index contributed by atoms with van der Waals surface area (Å²) in [4.78, 5) is 14.4. The molecule has 0 amide bonds. The number of rotatable bonds is 4. The van der Waals surface area contributed by atoms with Crippen molar-refractivity contribution in [2.75, 3.05) is 0 Å². The summed E-state index contributed by atoms with van der Waals surface area (Å²) in [6, 6.07) is 3.40. The van der Waals surface area contributed by atoms with Gasteiger partial charge in [0.05, 0.1) is 0 Å². The summed E-state index contributed by atoms with van der Waals surface area (Å²) in [6.45, 7) is 4.26. The minimum absolute atomic E-state index is 0.109. The second-order valence-corrected chi connectivity index (χ2v) is 3.47. The molecule has 0 saturated carbocycles. The van der Waals surface area contributed by atoms with Gasteiger partial charge in [0.1, 0.15) is 5.69 Å². The SMILES string of the molecule is CCCC(C)c1ccc(C(=O)O)nc1. The Balaban J connectivity index is 2.77. The molecule has 1 aromatic rings. The van der Waals surface area contributed by atoms with Gasteiger partial charge in [-0.25, -0.2) is 9.78 Å². The fourth-order valence-corrected chi connectivity index (χ4v) is 1.42. The van der Waals surface area contributed by atoms with Gasteiger partial charge in [-0.1, -0.05) is 26.3 Å². The Morgan fingerprint density at radius 3 is 2.71 bits per heavy atom. The van der Waals surface area contributed by atoms with Crippen LogP contribution in [0.15, 0.2) is 18.3 Å². The quantitative estimate of drug-likeness (QED) is 0.799. The van der Waals surface area contributed by atoms with E-state index in [1.54, 1.807) is 12.3 Å². The Morgan fingerprint density at radius 2 is 2.29 bits per heavy atom. The summed E-state index contributed by atoms with van der Waals surface area (Å²) in [6.07, 6.45) is 3.89. The molecule has 1 atom stereocenters. The third-order valence-corrected chi connectivity index (χ3v) is 2.30. The summed E-state index contributed by atoms with van der Waals surface area (Å²) in [7, 11) is 0. The van der Waals surface area contributed by atoms with Crippen LogP contribution in [-0.2, 0) is 0 Å². The lowest BCUT2D eigenvalue weighted by Crippen LogP contribution is -2.01. The summed E-state index contributed by atoms with van der Waals surface area (Å²) in [5, 5.41) is 8.66. The first-order valence-corrected chi connectivity index (χ1v) is 4.84. The largest absolute Gasteiger partial charge is 0.477 e. The van der Waals surface area contributed by atoms with Gasteiger partial charge in [-0.2, -0.15) is 0 Å². The van der Waals surface area contributed by atoms with Crippen molar-refractivity contribution in [2.24, 2.45) is 0 Å². The highest BCUT2D eigenvalue weighted by Gasteiger charge is 2.07. The molecule has 0 bridgehead atoms. The van der Waals surface area contributed by atoms with Crippen LogP contribution in [0.2, 0.25) is 0 Å². The molecule has 1 unspecified atom stereocenters. The maximum Gasteiger partial charge on any atom is 0.354 e. The number of carboxylic acids is 1.